The molecule has 1 heterocycles. The number of nitrogens with two attached hydrogens (primary N) is 1. The van der Waals surface area contributed by atoms with Gasteiger partial charge in [-0.05, 0) is 37.3 Å². The number of hydrogen-bond donors (Lipinski definition) is 1. The first-order valence-corrected chi connectivity index (χ1v) is 5.75. The Labute approximate surface area is 106 Å². The second-order valence-electron chi connectivity index (χ2n) is 4.07. The highest BCUT2D eigenvalue weighted by Gasteiger charge is 2.08. The van der Waals surface area contributed by atoms with Crippen molar-refractivity contribution in [2.45, 2.75) is 13.5 Å². The molecule has 0 atom stereocenters. The topological polar surface area (TPSA) is 42.4 Å². The molecule has 1 aromatic heterocycles. The van der Waals surface area contributed by atoms with Crippen molar-refractivity contribution in [1.29, 1.82) is 0 Å². The van der Waals surface area contributed by atoms with E-state index in [0.29, 0.717) is 17.3 Å². The monoisotopic (exact) mass is 250 g/mol. The summed E-state index contributed by atoms with van der Waals surface area (Å²) in [5.41, 5.74) is 7.54. The number of nitrogens with zero attached hydrogens (tertiary/aromatic N) is 1. The van der Waals surface area contributed by atoms with E-state index in [4.69, 9.17) is 21.8 Å². The molecule has 0 spiro atoms. The zero-order valence-electron chi connectivity index (χ0n) is 9.90. The van der Waals surface area contributed by atoms with Crippen LogP contribution in [0.3, 0.4) is 0 Å². The van der Waals surface area contributed by atoms with Crippen LogP contribution in [0.25, 0.3) is 0 Å². The van der Waals surface area contributed by atoms with E-state index in [-0.39, 0.29) is 0 Å². The number of anilines is 2. The summed E-state index contributed by atoms with van der Waals surface area (Å²) in [4.78, 5) is 2.03. The van der Waals surface area contributed by atoms with Crippen molar-refractivity contribution in [3.8, 4) is 0 Å². The number of nitrogen functional groups attached to an aromatic ring is 1. The average molecular weight is 251 g/mol. The number of hydrogen-bond acceptors (Lipinski definition) is 3. The van der Waals surface area contributed by atoms with Crippen LogP contribution in [-0.2, 0) is 6.54 Å². The Balaban J connectivity index is 2.17. The van der Waals surface area contributed by atoms with Gasteiger partial charge in [0.15, 0.2) is 0 Å². The molecule has 2 N–H and O–H groups in total. The first-order valence-electron chi connectivity index (χ1n) is 5.38. The maximum atomic E-state index is 5.92. The fraction of sp³-hybridized carbons (Fsp3) is 0.231. The number of furan rings is 1. The minimum atomic E-state index is 0.647. The summed E-state index contributed by atoms with van der Waals surface area (Å²) in [6.45, 7) is 2.61. The van der Waals surface area contributed by atoms with Gasteiger partial charge in [0, 0.05) is 12.1 Å². The number of rotatable bonds is 3. The number of benzene rings is 1. The molecule has 2 rings (SSSR count). The Morgan fingerprint density at radius 2 is 2.06 bits per heavy atom. The van der Waals surface area contributed by atoms with Gasteiger partial charge in [-0.3, -0.25) is 0 Å². The fourth-order valence-corrected chi connectivity index (χ4v) is 1.94. The molecule has 17 heavy (non-hydrogen) atoms. The van der Waals surface area contributed by atoms with E-state index in [1.807, 2.05) is 43.1 Å². The number of halogens is 1. The van der Waals surface area contributed by atoms with Crippen LogP contribution >= 0.6 is 11.6 Å². The molecule has 0 aliphatic heterocycles. The van der Waals surface area contributed by atoms with Gasteiger partial charge >= 0.3 is 0 Å². The first kappa shape index (κ1) is 11.9. The van der Waals surface area contributed by atoms with Gasteiger partial charge in [-0.15, -0.1) is 0 Å². The van der Waals surface area contributed by atoms with Crippen molar-refractivity contribution in [3.63, 3.8) is 0 Å². The van der Waals surface area contributed by atoms with Crippen LogP contribution in [0.1, 0.15) is 11.5 Å². The molecule has 90 valence electrons. The van der Waals surface area contributed by atoms with Gasteiger partial charge in [0.1, 0.15) is 11.5 Å². The maximum Gasteiger partial charge on any atom is 0.123 e. The zero-order chi connectivity index (χ0) is 12.4. The molecule has 2 aromatic rings. The minimum Gasteiger partial charge on any atom is -0.464 e. The summed E-state index contributed by atoms with van der Waals surface area (Å²) < 4.78 is 5.53. The summed E-state index contributed by atoms with van der Waals surface area (Å²) in [5, 5.41) is 0.647. The maximum absolute atomic E-state index is 5.92. The molecule has 0 unspecified atom stereocenters. The Hall–Kier alpha value is -1.61. The lowest BCUT2D eigenvalue weighted by Crippen LogP contribution is -2.17. The standard InChI is InChI=1S/C13H15ClN2O/c1-9-3-5-11(17-9)8-16(2)13-6-4-10(14)7-12(13)15/h3-7H,8,15H2,1-2H3. The molecular weight excluding hydrogens is 236 g/mol. The highest BCUT2D eigenvalue weighted by atomic mass is 35.5. The molecule has 0 radical (unpaired) electrons. The summed E-state index contributed by atoms with van der Waals surface area (Å²) >= 11 is 5.87. The van der Waals surface area contributed by atoms with Crippen LogP contribution < -0.4 is 10.6 Å². The molecule has 0 aliphatic carbocycles. The van der Waals surface area contributed by atoms with Crippen molar-refractivity contribution in [3.05, 3.63) is 46.9 Å². The lowest BCUT2D eigenvalue weighted by Gasteiger charge is -2.19. The highest BCUT2D eigenvalue weighted by Crippen LogP contribution is 2.26. The van der Waals surface area contributed by atoms with Gasteiger partial charge in [0.2, 0.25) is 0 Å². The largest absolute Gasteiger partial charge is 0.464 e. The van der Waals surface area contributed by atoms with E-state index >= 15 is 0 Å². The summed E-state index contributed by atoms with van der Waals surface area (Å²) in [5.74, 6) is 1.83. The normalized spacial score (nSPS) is 10.5. The van der Waals surface area contributed by atoms with E-state index in [1.54, 1.807) is 6.07 Å². The smallest absolute Gasteiger partial charge is 0.123 e. The third kappa shape index (κ3) is 2.74. The van der Waals surface area contributed by atoms with E-state index in [0.717, 1.165) is 17.2 Å². The molecule has 0 saturated carbocycles. The highest BCUT2D eigenvalue weighted by molar-refractivity contribution is 6.31. The van der Waals surface area contributed by atoms with Crippen molar-refractivity contribution in [2.75, 3.05) is 17.7 Å². The van der Waals surface area contributed by atoms with Gasteiger partial charge in [0.25, 0.3) is 0 Å². The van der Waals surface area contributed by atoms with Crippen molar-refractivity contribution < 1.29 is 4.42 Å². The number of aryl methyl sites for hydroxylation is 1. The molecule has 0 amide bonds. The van der Waals surface area contributed by atoms with Gasteiger partial charge < -0.3 is 15.1 Å². The molecule has 0 fully saturated rings. The van der Waals surface area contributed by atoms with Crippen LogP contribution in [-0.4, -0.2) is 7.05 Å². The molecule has 0 saturated heterocycles. The molecule has 4 heteroatoms. The average Bonchev–Trinajstić information content (AvgIpc) is 2.63. The van der Waals surface area contributed by atoms with E-state index in [2.05, 4.69) is 0 Å². The van der Waals surface area contributed by atoms with Crippen molar-refractivity contribution in [2.24, 2.45) is 0 Å². The van der Waals surface area contributed by atoms with Crippen molar-refractivity contribution >= 4 is 23.0 Å². The Kier molecular flexibility index (Phi) is 3.29. The molecule has 0 aliphatic rings. The van der Waals surface area contributed by atoms with Gasteiger partial charge in [-0.2, -0.15) is 0 Å². The quantitative estimate of drug-likeness (QED) is 0.849. The fourth-order valence-electron chi connectivity index (χ4n) is 1.76. The molecule has 3 nitrogen and oxygen atoms in total. The lowest BCUT2D eigenvalue weighted by atomic mass is 10.2. The van der Waals surface area contributed by atoms with Crippen LogP contribution in [0.15, 0.2) is 34.7 Å². The molecule has 1 aromatic carbocycles. The third-order valence-electron chi connectivity index (χ3n) is 2.59. The van der Waals surface area contributed by atoms with Gasteiger partial charge in [-0.1, -0.05) is 11.6 Å². The zero-order valence-corrected chi connectivity index (χ0v) is 10.7. The predicted octanol–water partition coefficient (Wildman–Crippen LogP) is 3.46. The van der Waals surface area contributed by atoms with Crippen LogP contribution in [0.5, 0.6) is 0 Å². The molecular formula is C13H15ClN2O. The lowest BCUT2D eigenvalue weighted by molar-refractivity contribution is 0.482. The third-order valence-corrected chi connectivity index (χ3v) is 2.82. The van der Waals surface area contributed by atoms with Gasteiger partial charge in [-0.25, -0.2) is 0 Å². The Morgan fingerprint density at radius 3 is 2.65 bits per heavy atom. The van der Waals surface area contributed by atoms with Crippen LogP contribution in [0, 0.1) is 6.92 Å². The second kappa shape index (κ2) is 4.72. The summed E-state index contributed by atoms with van der Waals surface area (Å²) in [6, 6.07) is 9.41. The van der Waals surface area contributed by atoms with E-state index in [1.165, 1.54) is 0 Å². The van der Waals surface area contributed by atoms with E-state index in [9.17, 15) is 0 Å². The Morgan fingerprint density at radius 1 is 1.29 bits per heavy atom. The van der Waals surface area contributed by atoms with E-state index < -0.39 is 0 Å². The Bertz CT molecular complexity index is 522. The second-order valence-corrected chi connectivity index (χ2v) is 4.51. The SMILES string of the molecule is Cc1ccc(CN(C)c2ccc(Cl)cc2N)o1. The van der Waals surface area contributed by atoms with Crippen LogP contribution in [0.2, 0.25) is 5.02 Å². The van der Waals surface area contributed by atoms with Crippen LogP contribution in [0.4, 0.5) is 11.4 Å². The molecule has 0 bridgehead atoms. The van der Waals surface area contributed by atoms with Gasteiger partial charge in [0.05, 0.1) is 17.9 Å². The predicted molar refractivity (Wildman–Crippen MR) is 71.4 cm³/mol. The van der Waals surface area contributed by atoms with Crippen molar-refractivity contribution in [1.82, 2.24) is 0 Å². The first-order chi connectivity index (χ1) is 8.06. The minimum absolute atomic E-state index is 0.647. The summed E-state index contributed by atoms with van der Waals surface area (Å²) in [7, 11) is 1.97. The summed E-state index contributed by atoms with van der Waals surface area (Å²) in [6.07, 6.45) is 0.